The maximum absolute atomic E-state index is 12.7. The fourth-order valence-electron chi connectivity index (χ4n) is 4.22. The molecule has 0 spiro atoms. The number of ether oxygens (including phenoxy) is 1. The van der Waals surface area contributed by atoms with Crippen LogP contribution in [0, 0.1) is 21.4 Å². The second kappa shape index (κ2) is 5.19. The van der Waals surface area contributed by atoms with Gasteiger partial charge in [-0.3, -0.25) is 14.9 Å². The molecule has 0 bridgehead atoms. The molecule has 1 aromatic rings. The average molecular weight is 320 g/mol. The maximum Gasteiger partial charge on any atom is 0.311 e. The summed E-state index contributed by atoms with van der Waals surface area (Å²) >= 11 is 0. The Morgan fingerprint density at radius 3 is 2.83 bits per heavy atom. The van der Waals surface area contributed by atoms with E-state index in [1.807, 2.05) is 0 Å². The van der Waals surface area contributed by atoms with Crippen LogP contribution < -0.4 is 0 Å². The molecular weight excluding hydrogens is 300 g/mol. The number of carbonyl (C=O) groups excluding carboxylic acids is 1. The van der Waals surface area contributed by atoms with Crippen LogP contribution in [0.15, 0.2) is 18.2 Å². The normalized spacial score (nSPS) is 27.9. The van der Waals surface area contributed by atoms with Crippen molar-refractivity contribution < 1.29 is 19.6 Å². The molecule has 7 heteroatoms. The number of hydrogen-bond donors (Lipinski definition) is 1. The van der Waals surface area contributed by atoms with Gasteiger partial charge in [-0.2, -0.15) is 0 Å². The molecule has 1 saturated heterocycles. The van der Waals surface area contributed by atoms with E-state index in [1.54, 1.807) is 11.9 Å². The molecule has 124 valence electrons. The molecule has 3 rings (SSSR count). The van der Waals surface area contributed by atoms with Crippen LogP contribution in [-0.2, 0) is 4.74 Å². The Bertz CT molecular complexity index is 672. The summed E-state index contributed by atoms with van der Waals surface area (Å²) in [7, 11) is 1.72. The number of nitrogens with zero attached hydrogens (tertiary/aromatic N) is 2. The van der Waals surface area contributed by atoms with Gasteiger partial charge in [-0.05, 0) is 18.6 Å². The second-order valence-corrected chi connectivity index (χ2v) is 6.89. The van der Waals surface area contributed by atoms with Crippen molar-refractivity contribution in [2.24, 2.45) is 11.3 Å². The summed E-state index contributed by atoms with van der Waals surface area (Å²) in [5.41, 5.74) is -0.400. The van der Waals surface area contributed by atoms with Gasteiger partial charge in [0.25, 0.3) is 5.91 Å². The van der Waals surface area contributed by atoms with Crippen molar-refractivity contribution in [3.63, 3.8) is 0 Å². The van der Waals surface area contributed by atoms with Gasteiger partial charge in [0.2, 0.25) is 0 Å². The van der Waals surface area contributed by atoms with Gasteiger partial charge in [0.15, 0.2) is 5.75 Å². The van der Waals surface area contributed by atoms with Gasteiger partial charge in [0, 0.05) is 42.7 Å². The van der Waals surface area contributed by atoms with Crippen LogP contribution >= 0.6 is 0 Å². The molecule has 1 heterocycles. The third kappa shape index (κ3) is 2.26. The third-order valence-corrected chi connectivity index (χ3v) is 5.20. The number of fused-ring (bicyclic) bond motifs is 1. The Balaban J connectivity index is 1.86. The largest absolute Gasteiger partial charge is 0.502 e. The lowest BCUT2D eigenvalue weighted by Crippen LogP contribution is -2.66. The van der Waals surface area contributed by atoms with Gasteiger partial charge in [0.05, 0.1) is 11.0 Å². The Morgan fingerprint density at radius 1 is 1.48 bits per heavy atom. The van der Waals surface area contributed by atoms with Crippen LogP contribution in [-0.4, -0.2) is 46.6 Å². The van der Waals surface area contributed by atoms with Crippen LogP contribution in [0.4, 0.5) is 5.69 Å². The van der Waals surface area contributed by atoms with Crippen molar-refractivity contribution in [1.82, 2.24) is 4.90 Å². The summed E-state index contributed by atoms with van der Waals surface area (Å²) in [4.78, 5) is 24.6. The molecule has 0 unspecified atom stereocenters. The van der Waals surface area contributed by atoms with Gasteiger partial charge < -0.3 is 14.7 Å². The first kappa shape index (κ1) is 15.7. The number of amides is 1. The highest BCUT2D eigenvalue weighted by atomic mass is 16.6. The van der Waals surface area contributed by atoms with Crippen LogP contribution in [0.2, 0.25) is 0 Å². The summed E-state index contributed by atoms with van der Waals surface area (Å²) in [6.45, 7) is 4.86. The molecule has 23 heavy (non-hydrogen) atoms. The van der Waals surface area contributed by atoms with E-state index in [0.29, 0.717) is 12.5 Å². The molecular formula is C16H20N2O5. The molecule has 1 aliphatic carbocycles. The summed E-state index contributed by atoms with van der Waals surface area (Å²) in [5.74, 6) is -0.412. The average Bonchev–Trinajstić information content (AvgIpc) is 2.92. The minimum absolute atomic E-state index is 0.0374. The van der Waals surface area contributed by atoms with E-state index in [4.69, 9.17) is 4.74 Å². The predicted molar refractivity (Wildman–Crippen MR) is 82.3 cm³/mol. The molecule has 0 aromatic heterocycles. The Labute approximate surface area is 134 Å². The fraction of sp³-hybridized carbons (Fsp3) is 0.562. The van der Waals surface area contributed by atoms with Crippen molar-refractivity contribution in [1.29, 1.82) is 0 Å². The van der Waals surface area contributed by atoms with E-state index in [1.165, 1.54) is 12.1 Å². The molecule has 1 saturated carbocycles. The van der Waals surface area contributed by atoms with Crippen LogP contribution in [0.5, 0.6) is 5.75 Å². The number of phenols is 1. The lowest BCUT2D eigenvalue weighted by molar-refractivity contribution is -0.385. The highest BCUT2D eigenvalue weighted by Crippen LogP contribution is 2.54. The van der Waals surface area contributed by atoms with Gasteiger partial charge in [-0.1, -0.05) is 13.8 Å². The minimum Gasteiger partial charge on any atom is -0.502 e. The fourth-order valence-corrected chi connectivity index (χ4v) is 4.22. The summed E-state index contributed by atoms with van der Waals surface area (Å²) in [6.07, 6.45) is 1.09. The van der Waals surface area contributed by atoms with E-state index in [9.17, 15) is 20.0 Å². The van der Waals surface area contributed by atoms with Crippen molar-refractivity contribution in [2.75, 3.05) is 13.7 Å². The molecule has 7 nitrogen and oxygen atoms in total. The van der Waals surface area contributed by atoms with Gasteiger partial charge in [0.1, 0.15) is 0 Å². The first-order chi connectivity index (χ1) is 10.7. The molecule has 1 amide bonds. The third-order valence-electron chi connectivity index (χ3n) is 5.20. The summed E-state index contributed by atoms with van der Waals surface area (Å²) in [6, 6.07) is 3.76. The Hall–Kier alpha value is -2.15. The molecule has 0 radical (unpaired) electrons. The summed E-state index contributed by atoms with van der Waals surface area (Å²) < 4.78 is 5.74. The maximum atomic E-state index is 12.7. The van der Waals surface area contributed by atoms with Crippen molar-refractivity contribution in [3.8, 4) is 5.75 Å². The first-order valence-corrected chi connectivity index (χ1v) is 7.61. The number of aromatic hydroxyl groups is 1. The Morgan fingerprint density at radius 2 is 2.17 bits per heavy atom. The zero-order chi connectivity index (χ0) is 16.9. The number of benzene rings is 1. The highest BCUT2D eigenvalue weighted by molar-refractivity contribution is 5.95. The van der Waals surface area contributed by atoms with Gasteiger partial charge in [-0.15, -0.1) is 0 Å². The molecule has 1 aromatic carbocycles. The van der Waals surface area contributed by atoms with Crippen LogP contribution in [0.1, 0.15) is 30.6 Å². The lowest BCUT2D eigenvalue weighted by atomic mass is 9.56. The monoisotopic (exact) mass is 320 g/mol. The van der Waals surface area contributed by atoms with Crippen molar-refractivity contribution in [3.05, 3.63) is 33.9 Å². The molecule has 2 fully saturated rings. The van der Waals surface area contributed by atoms with Gasteiger partial charge >= 0.3 is 5.69 Å². The lowest BCUT2D eigenvalue weighted by Gasteiger charge is -2.57. The zero-order valence-corrected chi connectivity index (χ0v) is 13.4. The molecule has 1 N–H and O–H groups in total. The first-order valence-electron chi connectivity index (χ1n) is 7.61. The van der Waals surface area contributed by atoms with Crippen molar-refractivity contribution in [2.45, 2.75) is 32.4 Å². The van der Waals surface area contributed by atoms with Crippen LogP contribution in [0.25, 0.3) is 0 Å². The standard InChI is InChI=1S/C16H20N2O5/c1-16(2)13(10-6-7-23-14(10)16)17(3)15(20)9-4-5-12(19)11(8-9)18(21)22/h4-5,8,10,13-14,19H,6-7H2,1-3H3/t10-,13+,14-/m0/s1. The molecule has 3 atom stereocenters. The number of nitro benzene ring substituents is 1. The van der Waals surface area contributed by atoms with E-state index < -0.39 is 16.4 Å². The quantitative estimate of drug-likeness (QED) is 0.680. The zero-order valence-electron chi connectivity index (χ0n) is 13.4. The molecule has 1 aliphatic heterocycles. The van der Waals surface area contributed by atoms with E-state index in [0.717, 1.165) is 12.5 Å². The highest BCUT2D eigenvalue weighted by Gasteiger charge is 2.61. The van der Waals surface area contributed by atoms with Crippen molar-refractivity contribution >= 4 is 11.6 Å². The van der Waals surface area contributed by atoms with E-state index in [-0.39, 0.29) is 29.0 Å². The summed E-state index contributed by atoms with van der Waals surface area (Å²) in [5, 5.41) is 20.4. The number of hydrogen-bond acceptors (Lipinski definition) is 5. The SMILES string of the molecule is CN(C(=O)c1ccc(O)c([N+](=O)[O-])c1)[C@@H]1[C@@H]2CCO[C@@H]2C1(C)C. The predicted octanol–water partition coefficient (Wildman–Crippen LogP) is 2.19. The second-order valence-electron chi connectivity index (χ2n) is 6.89. The van der Waals surface area contributed by atoms with Crippen LogP contribution in [0.3, 0.4) is 0 Å². The van der Waals surface area contributed by atoms with E-state index >= 15 is 0 Å². The van der Waals surface area contributed by atoms with Gasteiger partial charge in [-0.25, -0.2) is 0 Å². The number of nitro groups is 1. The van der Waals surface area contributed by atoms with E-state index in [2.05, 4.69) is 13.8 Å². The number of phenolic OH excluding ortho intramolecular Hbond substituents is 1. The molecule has 2 aliphatic rings. The number of carbonyl (C=O) groups is 1. The number of rotatable bonds is 3. The minimum atomic E-state index is -0.694. The smallest absolute Gasteiger partial charge is 0.311 e. The Kier molecular flexibility index (Phi) is 3.55. The topological polar surface area (TPSA) is 92.9 Å².